The second-order valence-corrected chi connectivity index (χ2v) is 4.80. The number of rotatable bonds is 4. The van der Waals surface area contributed by atoms with Crippen molar-refractivity contribution < 1.29 is 4.79 Å². The molecule has 0 heterocycles. The van der Waals surface area contributed by atoms with Crippen LogP contribution in [0.2, 0.25) is 0 Å². The van der Waals surface area contributed by atoms with Crippen LogP contribution in [0.15, 0.2) is 0 Å². The summed E-state index contributed by atoms with van der Waals surface area (Å²) in [5, 5.41) is 0. The van der Waals surface area contributed by atoms with Gasteiger partial charge in [-0.2, -0.15) is 0 Å². The molecule has 0 spiro atoms. The molecule has 0 aromatic heterocycles. The summed E-state index contributed by atoms with van der Waals surface area (Å²) < 4.78 is 0. The lowest BCUT2D eigenvalue weighted by Crippen LogP contribution is -2.45. The summed E-state index contributed by atoms with van der Waals surface area (Å²) in [6.07, 6.45) is 0.780. The van der Waals surface area contributed by atoms with E-state index >= 15 is 0 Å². The number of primary amides is 1. The van der Waals surface area contributed by atoms with Crippen LogP contribution in [0, 0.1) is 5.41 Å². The number of carbonyl (C=O) groups excluding carboxylic acids is 1. The zero-order valence-electron chi connectivity index (χ0n) is 9.42. The number of nitrogens with two attached hydrogens (primary N) is 1. The lowest BCUT2D eigenvalue weighted by molar-refractivity contribution is -0.123. The minimum atomic E-state index is -0.228. The molecule has 3 heteroatoms. The van der Waals surface area contributed by atoms with Gasteiger partial charge in [0, 0.05) is 6.54 Å². The quantitative estimate of drug-likeness (QED) is 0.717. The van der Waals surface area contributed by atoms with Crippen LogP contribution >= 0.6 is 0 Å². The average Bonchev–Trinajstić information content (AvgIpc) is 1.82. The Morgan fingerprint density at radius 3 is 2.15 bits per heavy atom. The summed E-state index contributed by atoms with van der Waals surface area (Å²) in [6, 6.07) is -0.126. The van der Waals surface area contributed by atoms with Gasteiger partial charge in [0.1, 0.15) is 0 Å². The Balaban J connectivity index is 4.22. The second-order valence-electron chi connectivity index (χ2n) is 4.80. The van der Waals surface area contributed by atoms with Crippen LogP contribution in [-0.2, 0) is 4.79 Å². The number of amides is 1. The fourth-order valence-corrected chi connectivity index (χ4v) is 1.59. The molecule has 0 aromatic carbocycles. The molecule has 0 aromatic rings. The van der Waals surface area contributed by atoms with E-state index in [1.165, 1.54) is 0 Å². The van der Waals surface area contributed by atoms with Gasteiger partial charge >= 0.3 is 0 Å². The highest BCUT2D eigenvalue weighted by molar-refractivity contribution is 5.79. The number of hydrogen-bond donors (Lipinski definition) is 1. The molecule has 1 amide bonds. The summed E-state index contributed by atoms with van der Waals surface area (Å²) in [6.45, 7) is 9.31. The molecule has 0 saturated heterocycles. The third-order valence-electron chi connectivity index (χ3n) is 1.97. The SMILES string of the molecule is CCC(C(N)=O)N(C)CC(C)(C)C. The van der Waals surface area contributed by atoms with Gasteiger partial charge in [0.05, 0.1) is 6.04 Å². The fourth-order valence-electron chi connectivity index (χ4n) is 1.59. The van der Waals surface area contributed by atoms with Crippen molar-refractivity contribution in [3.05, 3.63) is 0 Å². The molecular weight excluding hydrogens is 164 g/mol. The minimum Gasteiger partial charge on any atom is -0.368 e. The van der Waals surface area contributed by atoms with Crippen molar-refractivity contribution in [2.24, 2.45) is 11.1 Å². The van der Waals surface area contributed by atoms with Crippen LogP contribution in [0.5, 0.6) is 0 Å². The Labute approximate surface area is 81.3 Å². The molecule has 0 aliphatic rings. The Bertz CT molecular complexity index is 172. The molecule has 0 radical (unpaired) electrons. The zero-order valence-corrected chi connectivity index (χ0v) is 9.42. The number of hydrogen-bond acceptors (Lipinski definition) is 2. The first kappa shape index (κ1) is 12.4. The van der Waals surface area contributed by atoms with Gasteiger partial charge in [-0.25, -0.2) is 0 Å². The first-order valence-corrected chi connectivity index (χ1v) is 4.77. The molecule has 0 bridgehead atoms. The van der Waals surface area contributed by atoms with E-state index in [9.17, 15) is 4.79 Å². The topological polar surface area (TPSA) is 46.3 Å². The molecule has 13 heavy (non-hydrogen) atoms. The number of nitrogens with zero attached hydrogens (tertiary/aromatic N) is 1. The van der Waals surface area contributed by atoms with Crippen molar-refractivity contribution in [2.75, 3.05) is 13.6 Å². The van der Waals surface area contributed by atoms with Crippen molar-refractivity contribution >= 4 is 5.91 Å². The van der Waals surface area contributed by atoms with E-state index in [1.807, 2.05) is 18.9 Å². The van der Waals surface area contributed by atoms with Crippen LogP contribution in [-0.4, -0.2) is 30.4 Å². The van der Waals surface area contributed by atoms with Crippen molar-refractivity contribution in [3.63, 3.8) is 0 Å². The lowest BCUT2D eigenvalue weighted by Gasteiger charge is -2.30. The molecule has 3 nitrogen and oxygen atoms in total. The zero-order chi connectivity index (χ0) is 10.6. The highest BCUT2D eigenvalue weighted by Crippen LogP contribution is 2.16. The molecular formula is C10H22N2O. The van der Waals surface area contributed by atoms with Gasteiger partial charge in [-0.15, -0.1) is 0 Å². The third kappa shape index (κ3) is 4.88. The Morgan fingerprint density at radius 2 is 1.92 bits per heavy atom. The largest absolute Gasteiger partial charge is 0.368 e. The molecule has 0 aliphatic carbocycles. The van der Waals surface area contributed by atoms with Gasteiger partial charge in [0.25, 0.3) is 0 Å². The number of carbonyl (C=O) groups is 1. The highest BCUT2D eigenvalue weighted by atomic mass is 16.1. The molecule has 78 valence electrons. The first-order chi connectivity index (χ1) is 5.78. The predicted octanol–water partition coefficient (Wildman–Crippen LogP) is 1.23. The van der Waals surface area contributed by atoms with Crippen molar-refractivity contribution in [1.29, 1.82) is 0 Å². The fraction of sp³-hybridized carbons (Fsp3) is 0.900. The summed E-state index contributed by atoms with van der Waals surface area (Å²) in [5.74, 6) is -0.228. The van der Waals surface area contributed by atoms with Crippen LogP contribution in [0.1, 0.15) is 34.1 Å². The summed E-state index contributed by atoms with van der Waals surface area (Å²) in [7, 11) is 1.95. The first-order valence-electron chi connectivity index (χ1n) is 4.77. The summed E-state index contributed by atoms with van der Waals surface area (Å²) >= 11 is 0. The van der Waals surface area contributed by atoms with E-state index in [0.29, 0.717) is 0 Å². The Kier molecular flexibility index (Phi) is 4.40. The molecule has 0 rings (SSSR count). The van der Waals surface area contributed by atoms with E-state index in [2.05, 4.69) is 20.8 Å². The van der Waals surface area contributed by atoms with E-state index in [0.717, 1.165) is 13.0 Å². The van der Waals surface area contributed by atoms with Crippen molar-refractivity contribution in [2.45, 2.75) is 40.2 Å². The second kappa shape index (κ2) is 4.61. The predicted molar refractivity (Wildman–Crippen MR) is 55.4 cm³/mol. The van der Waals surface area contributed by atoms with Gasteiger partial charge in [-0.05, 0) is 18.9 Å². The van der Waals surface area contributed by atoms with Crippen molar-refractivity contribution in [3.8, 4) is 0 Å². The lowest BCUT2D eigenvalue weighted by atomic mass is 9.95. The van der Waals surface area contributed by atoms with Crippen molar-refractivity contribution in [1.82, 2.24) is 4.90 Å². The maximum absolute atomic E-state index is 11.0. The van der Waals surface area contributed by atoms with Crippen LogP contribution in [0.4, 0.5) is 0 Å². The molecule has 0 fully saturated rings. The van der Waals surface area contributed by atoms with Crippen LogP contribution < -0.4 is 5.73 Å². The normalized spacial score (nSPS) is 14.6. The van der Waals surface area contributed by atoms with E-state index in [1.54, 1.807) is 0 Å². The average molecular weight is 186 g/mol. The molecule has 2 N–H and O–H groups in total. The number of likely N-dealkylation sites (N-methyl/N-ethyl adjacent to an activating group) is 1. The molecule has 0 aliphatic heterocycles. The molecule has 0 saturated carbocycles. The monoisotopic (exact) mass is 186 g/mol. The van der Waals surface area contributed by atoms with Crippen LogP contribution in [0.25, 0.3) is 0 Å². The minimum absolute atomic E-state index is 0.126. The van der Waals surface area contributed by atoms with Crippen LogP contribution in [0.3, 0.4) is 0 Å². The van der Waals surface area contributed by atoms with Gasteiger partial charge in [-0.1, -0.05) is 27.7 Å². The van der Waals surface area contributed by atoms with Gasteiger partial charge < -0.3 is 5.73 Å². The summed E-state index contributed by atoms with van der Waals surface area (Å²) in [4.78, 5) is 13.1. The highest BCUT2D eigenvalue weighted by Gasteiger charge is 2.22. The third-order valence-corrected chi connectivity index (χ3v) is 1.97. The molecule has 1 atom stereocenters. The Morgan fingerprint density at radius 1 is 1.46 bits per heavy atom. The van der Waals surface area contributed by atoms with E-state index in [-0.39, 0.29) is 17.4 Å². The summed E-state index contributed by atoms with van der Waals surface area (Å²) in [5.41, 5.74) is 5.49. The van der Waals surface area contributed by atoms with Gasteiger partial charge in [-0.3, -0.25) is 9.69 Å². The van der Waals surface area contributed by atoms with Gasteiger partial charge in [0.2, 0.25) is 5.91 Å². The molecule has 1 unspecified atom stereocenters. The smallest absolute Gasteiger partial charge is 0.234 e. The Hall–Kier alpha value is -0.570. The standard InChI is InChI=1S/C10H22N2O/c1-6-8(9(11)13)12(5)7-10(2,3)4/h8H,6-7H2,1-5H3,(H2,11,13). The van der Waals surface area contributed by atoms with E-state index < -0.39 is 0 Å². The van der Waals surface area contributed by atoms with Gasteiger partial charge in [0.15, 0.2) is 0 Å². The maximum Gasteiger partial charge on any atom is 0.234 e. The maximum atomic E-state index is 11.0. The van der Waals surface area contributed by atoms with E-state index in [4.69, 9.17) is 5.73 Å².